The Balaban J connectivity index is 1.82. The zero-order valence-corrected chi connectivity index (χ0v) is 13.6. The van der Waals surface area contributed by atoms with E-state index in [0.717, 1.165) is 32.6 Å². The van der Waals surface area contributed by atoms with E-state index in [1.807, 2.05) is 25.7 Å². The summed E-state index contributed by atoms with van der Waals surface area (Å²) in [5, 5.41) is 0. The second-order valence-electron chi connectivity index (χ2n) is 7.27. The van der Waals surface area contributed by atoms with Crippen LogP contribution in [0.15, 0.2) is 0 Å². The molecule has 0 aromatic carbocycles. The maximum absolute atomic E-state index is 12.1. The first-order valence-corrected chi connectivity index (χ1v) is 7.64. The van der Waals surface area contributed by atoms with Crippen LogP contribution >= 0.6 is 0 Å². The van der Waals surface area contributed by atoms with Gasteiger partial charge in [0.2, 0.25) is 0 Å². The van der Waals surface area contributed by atoms with Crippen LogP contribution in [-0.2, 0) is 4.74 Å². The SMILES string of the molecule is CN(C)[C@H]1CCN([C@H]2CCN(C(=O)OC(C)(C)C)C2)C1. The lowest BCUT2D eigenvalue weighted by molar-refractivity contribution is 0.0282. The first kappa shape index (κ1) is 15.6. The van der Waals surface area contributed by atoms with Crippen LogP contribution in [0.4, 0.5) is 4.79 Å². The molecule has 0 N–H and O–H groups in total. The van der Waals surface area contributed by atoms with Gasteiger partial charge in [0.15, 0.2) is 0 Å². The van der Waals surface area contributed by atoms with Gasteiger partial charge < -0.3 is 14.5 Å². The highest BCUT2D eigenvalue weighted by Crippen LogP contribution is 2.23. The number of amides is 1. The van der Waals surface area contributed by atoms with Crippen molar-refractivity contribution in [3.8, 4) is 0 Å². The fourth-order valence-electron chi connectivity index (χ4n) is 3.05. The van der Waals surface area contributed by atoms with Crippen molar-refractivity contribution in [2.45, 2.75) is 51.3 Å². The van der Waals surface area contributed by atoms with Gasteiger partial charge in [-0.05, 0) is 47.7 Å². The molecule has 5 nitrogen and oxygen atoms in total. The van der Waals surface area contributed by atoms with Crippen molar-refractivity contribution in [2.75, 3.05) is 40.3 Å². The van der Waals surface area contributed by atoms with Crippen LogP contribution < -0.4 is 0 Å². The lowest BCUT2D eigenvalue weighted by atomic mass is 10.2. The Morgan fingerprint density at radius 2 is 1.85 bits per heavy atom. The molecule has 0 aromatic rings. The minimum atomic E-state index is -0.404. The molecule has 2 atom stereocenters. The highest BCUT2D eigenvalue weighted by Gasteiger charge is 2.36. The average molecular weight is 283 g/mol. The molecule has 0 aromatic heterocycles. The standard InChI is InChI=1S/C15H29N3O2/c1-15(2,3)20-14(19)18-9-7-13(11-18)17-8-6-12(10-17)16(4)5/h12-13H,6-11H2,1-5H3/t12-,13-/m0/s1. The summed E-state index contributed by atoms with van der Waals surface area (Å²) in [6.45, 7) is 9.66. The van der Waals surface area contributed by atoms with Gasteiger partial charge in [0.25, 0.3) is 0 Å². The molecule has 0 unspecified atom stereocenters. The molecule has 5 heteroatoms. The molecule has 2 aliphatic rings. The van der Waals surface area contributed by atoms with E-state index in [1.165, 1.54) is 6.42 Å². The van der Waals surface area contributed by atoms with Crippen molar-refractivity contribution in [1.29, 1.82) is 0 Å². The Hall–Kier alpha value is -0.810. The van der Waals surface area contributed by atoms with E-state index in [2.05, 4.69) is 23.9 Å². The van der Waals surface area contributed by atoms with E-state index in [1.54, 1.807) is 0 Å². The summed E-state index contributed by atoms with van der Waals surface area (Å²) in [4.78, 5) is 18.8. The van der Waals surface area contributed by atoms with E-state index in [9.17, 15) is 4.79 Å². The summed E-state index contributed by atoms with van der Waals surface area (Å²) in [5.41, 5.74) is -0.404. The lowest BCUT2D eigenvalue weighted by Gasteiger charge is -2.27. The molecule has 2 saturated heterocycles. The minimum absolute atomic E-state index is 0.164. The Morgan fingerprint density at radius 1 is 1.15 bits per heavy atom. The van der Waals surface area contributed by atoms with Crippen LogP contribution in [0.2, 0.25) is 0 Å². The fourth-order valence-corrected chi connectivity index (χ4v) is 3.05. The van der Waals surface area contributed by atoms with E-state index in [-0.39, 0.29) is 6.09 Å². The number of carbonyl (C=O) groups excluding carboxylic acids is 1. The zero-order valence-electron chi connectivity index (χ0n) is 13.6. The number of hydrogen-bond acceptors (Lipinski definition) is 4. The van der Waals surface area contributed by atoms with Gasteiger partial charge in [-0.3, -0.25) is 4.90 Å². The van der Waals surface area contributed by atoms with Crippen LogP contribution in [0.25, 0.3) is 0 Å². The lowest BCUT2D eigenvalue weighted by Crippen LogP contribution is -2.41. The Bertz CT molecular complexity index is 352. The predicted molar refractivity (Wildman–Crippen MR) is 79.9 cm³/mol. The number of nitrogens with zero attached hydrogens (tertiary/aromatic N) is 3. The van der Waals surface area contributed by atoms with Crippen LogP contribution in [0, 0.1) is 0 Å². The summed E-state index contributed by atoms with van der Waals surface area (Å²) in [7, 11) is 4.30. The smallest absolute Gasteiger partial charge is 0.410 e. The third-order valence-corrected chi connectivity index (χ3v) is 4.26. The van der Waals surface area contributed by atoms with Gasteiger partial charge >= 0.3 is 6.09 Å². The molecule has 2 fully saturated rings. The molecule has 0 saturated carbocycles. The highest BCUT2D eigenvalue weighted by atomic mass is 16.6. The molecular formula is C15H29N3O2. The Labute approximate surface area is 122 Å². The topological polar surface area (TPSA) is 36.0 Å². The second kappa shape index (κ2) is 5.90. The van der Waals surface area contributed by atoms with Crippen molar-refractivity contribution >= 4 is 6.09 Å². The second-order valence-corrected chi connectivity index (χ2v) is 7.27. The van der Waals surface area contributed by atoms with Gasteiger partial charge in [-0.25, -0.2) is 4.79 Å². The predicted octanol–water partition coefficient (Wildman–Crippen LogP) is 1.63. The van der Waals surface area contributed by atoms with Crippen molar-refractivity contribution in [1.82, 2.24) is 14.7 Å². The van der Waals surface area contributed by atoms with Crippen LogP contribution in [0.5, 0.6) is 0 Å². The van der Waals surface area contributed by atoms with Crippen LogP contribution in [-0.4, -0.2) is 78.8 Å². The van der Waals surface area contributed by atoms with Crippen molar-refractivity contribution in [3.05, 3.63) is 0 Å². The number of hydrogen-bond donors (Lipinski definition) is 0. The summed E-state index contributed by atoms with van der Waals surface area (Å²) in [5.74, 6) is 0. The van der Waals surface area contributed by atoms with Gasteiger partial charge in [-0.15, -0.1) is 0 Å². The number of rotatable bonds is 2. The molecule has 1 amide bonds. The maximum Gasteiger partial charge on any atom is 0.410 e. The van der Waals surface area contributed by atoms with Crippen molar-refractivity contribution in [2.24, 2.45) is 0 Å². The number of carbonyl (C=O) groups is 1. The number of likely N-dealkylation sites (tertiary alicyclic amines) is 2. The quantitative estimate of drug-likeness (QED) is 0.772. The molecule has 2 rings (SSSR count). The molecule has 116 valence electrons. The van der Waals surface area contributed by atoms with E-state index < -0.39 is 5.60 Å². The van der Waals surface area contributed by atoms with E-state index in [4.69, 9.17) is 4.74 Å². The van der Waals surface area contributed by atoms with E-state index in [0.29, 0.717) is 12.1 Å². The molecule has 0 aliphatic carbocycles. The summed E-state index contributed by atoms with van der Waals surface area (Å²) < 4.78 is 5.45. The van der Waals surface area contributed by atoms with Gasteiger partial charge in [0.05, 0.1) is 0 Å². The zero-order chi connectivity index (χ0) is 14.9. The van der Waals surface area contributed by atoms with Crippen LogP contribution in [0.1, 0.15) is 33.6 Å². The first-order valence-electron chi connectivity index (χ1n) is 7.64. The molecule has 0 bridgehead atoms. The fraction of sp³-hybridized carbons (Fsp3) is 0.933. The Morgan fingerprint density at radius 3 is 2.40 bits per heavy atom. The monoisotopic (exact) mass is 283 g/mol. The summed E-state index contributed by atoms with van der Waals surface area (Å²) >= 11 is 0. The summed E-state index contributed by atoms with van der Waals surface area (Å²) in [6.07, 6.45) is 2.14. The largest absolute Gasteiger partial charge is 0.444 e. The third-order valence-electron chi connectivity index (χ3n) is 4.26. The first-order chi connectivity index (χ1) is 9.26. The van der Waals surface area contributed by atoms with E-state index >= 15 is 0 Å². The molecule has 2 aliphatic heterocycles. The Kier molecular flexibility index (Phi) is 4.59. The molecule has 0 radical (unpaired) electrons. The average Bonchev–Trinajstić information content (AvgIpc) is 2.95. The van der Waals surface area contributed by atoms with Crippen molar-refractivity contribution < 1.29 is 9.53 Å². The third kappa shape index (κ3) is 3.85. The van der Waals surface area contributed by atoms with Gasteiger partial charge in [-0.2, -0.15) is 0 Å². The van der Waals surface area contributed by atoms with Gasteiger partial charge in [-0.1, -0.05) is 0 Å². The maximum atomic E-state index is 12.1. The van der Waals surface area contributed by atoms with Crippen LogP contribution in [0.3, 0.4) is 0 Å². The molecule has 0 spiro atoms. The normalized spacial score (nSPS) is 28.4. The molecule has 20 heavy (non-hydrogen) atoms. The highest BCUT2D eigenvalue weighted by molar-refractivity contribution is 5.68. The minimum Gasteiger partial charge on any atom is -0.444 e. The number of ether oxygens (including phenoxy) is 1. The van der Waals surface area contributed by atoms with Gasteiger partial charge in [0, 0.05) is 38.3 Å². The summed E-state index contributed by atoms with van der Waals surface area (Å²) in [6, 6.07) is 1.16. The molecular weight excluding hydrogens is 254 g/mol. The van der Waals surface area contributed by atoms with Gasteiger partial charge in [0.1, 0.15) is 5.60 Å². The number of likely N-dealkylation sites (N-methyl/N-ethyl adjacent to an activating group) is 1. The van der Waals surface area contributed by atoms with Crippen molar-refractivity contribution in [3.63, 3.8) is 0 Å². The molecule has 2 heterocycles.